The highest BCUT2D eigenvalue weighted by atomic mass is 32.1. The number of H-pyrrole nitrogens is 1. The predicted octanol–water partition coefficient (Wildman–Crippen LogP) is 5.11. The predicted molar refractivity (Wildman–Crippen MR) is 103 cm³/mol. The van der Waals surface area contributed by atoms with Gasteiger partial charge in [-0.3, -0.25) is 0 Å². The topological polar surface area (TPSA) is 61.8 Å². The summed E-state index contributed by atoms with van der Waals surface area (Å²) < 4.78 is 45.5. The molecule has 3 rings (SSSR count). The van der Waals surface area contributed by atoms with Crippen molar-refractivity contribution in [3.8, 4) is 10.4 Å². The van der Waals surface area contributed by atoms with Crippen LogP contribution in [0, 0.1) is 5.41 Å². The second-order valence-electron chi connectivity index (χ2n) is 8.08. The van der Waals surface area contributed by atoms with Crippen LogP contribution in [0.25, 0.3) is 10.4 Å². The zero-order chi connectivity index (χ0) is 20.6. The van der Waals surface area contributed by atoms with Crippen LogP contribution in [0.15, 0.2) is 42.7 Å². The van der Waals surface area contributed by atoms with E-state index in [-0.39, 0.29) is 16.8 Å². The summed E-state index contributed by atoms with van der Waals surface area (Å²) in [4.78, 5) is 7.83. The third kappa shape index (κ3) is 4.44. The van der Waals surface area contributed by atoms with Gasteiger partial charge in [0, 0.05) is 24.5 Å². The van der Waals surface area contributed by atoms with Crippen molar-refractivity contribution in [2.24, 2.45) is 5.41 Å². The number of alkyl halides is 3. The van der Waals surface area contributed by atoms with E-state index < -0.39 is 18.2 Å². The lowest BCUT2D eigenvalue weighted by molar-refractivity contribution is -0.266. The smallest absolute Gasteiger partial charge is 0.376 e. The Morgan fingerprint density at radius 1 is 1.04 bits per heavy atom. The number of benzene rings is 1. The minimum atomic E-state index is -4.85. The fourth-order valence-corrected chi connectivity index (χ4v) is 3.64. The molecular weight excluding hydrogens is 387 g/mol. The second kappa shape index (κ2) is 7.33. The Morgan fingerprint density at radius 2 is 1.71 bits per heavy atom. The van der Waals surface area contributed by atoms with Crippen LogP contribution >= 0.6 is 11.5 Å². The van der Waals surface area contributed by atoms with Crippen molar-refractivity contribution in [2.45, 2.75) is 45.4 Å². The third-order valence-electron chi connectivity index (χ3n) is 4.38. The highest BCUT2D eigenvalue weighted by molar-refractivity contribution is 7.09. The minimum Gasteiger partial charge on any atom is -0.376 e. The molecule has 0 aliphatic carbocycles. The Morgan fingerprint density at radius 3 is 2.25 bits per heavy atom. The van der Waals surface area contributed by atoms with Gasteiger partial charge in [-0.2, -0.15) is 13.2 Å². The number of halogens is 3. The lowest BCUT2D eigenvalue weighted by Crippen LogP contribution is -2.44. The molecule has 1 aromatic carbocycles. The van der Waals surface area contributed by atoms with Gasteiger partial charge in [0.1, 0.15) is 5.82 Å². The Bertz CT molecular complexity index is 912. The quantitative estimate of drug-likeness (QED) is 0.615. The van der Waals surface area contributed by atoms with Crippen LogP contribution in [0.3, 0.4) is 0 Å². The Hall–Kier alpha value is -2.19. The number of aromatic amines is 1. The first-order valence-electron chi connectivity index (χ1n) is 8.81. The van der Waals surface area contributed by atoms with Crippen LogP contribution in [-0.2, 0) is 18.4 Å². The number of nitrogens with one attached hydrogen (secondary N) is 1. The summed E-state index contributed by atoms with van der Waals surface area (Å²) in [5.74, 6) is 0.102. The van der Waals surface area contributed by atoms with Crippen molar-refractivity contribution >= 4 is 11.5 Å². The summed E-state index contributed by atoms with van der Waals surface area (Å²) in [6, 6.07) is 7.53. The molecule has 0 saturated heterocycles. The van der Waals surface area contributed by atoms with Crippen LogP contribution in [0.4, 0.5) is 13.2 Å². The van der Waals surface area contributed by atoms with Gasteiger partial charge in [0.15, 0.2) is 5.60 Å². The van der Waals surface area contributed by atoms with Crippen LogP contribution in [0.5, 0.6) is 0 Å². The van der Waals surface area contributed by atoms with E-state index in [4.69, 9.17) is 0 Å². The van der Waals surface area contributed by atoms with Gasteiger partial charge in [-0.1, -0.05) is 45.0 Å². The Labute approximate surface area is 165 Å². The lowest BCUT2D eigenvalue weighted by Gasteiger charge is -2.30. The molecule has 2 aromatic heterocycles. The monoisotopic (exact) mass is 409 g/mol. The van der Waals surface area contributed by atoms with Crippen LogP contribution < -0.4 is 0 Å². The van der Waals surface area contributed by atoms with Crippen molar-refractivity contribution in [3.63, 3.8) is 0 Å². The SMILES string of the molecule is CC(C)(C)Cc1cnc(CC(O)(c2ccc(-c3ccns3)cc2)C(F)(F)F)[nH]1. The average molecular weight is 409 g/mol. The van der Waals surface area contributed by atoms with Crippen LogP contribution in [0.2, 0.25) is 0 Å². The molecule has 28 heavy (non-hydrogen) atoms. The van der Waals surface area contributed by atoms with E-state index in [1.807, 2.05) is 20.8 Å². The van der Waals surface area contributed by atoms with Gasteiger partial charge in [-0.15, -0.1) is 0 Å². The van der Waals surface area contributed by atoms with Crippen molar-refractivity contribution in [2.75, 3.05) is 0 Å². The van der Waals surface area contributed by atoms with E-state index in [1.54, 1.807) is 24.4 Å². The second-order valence-corrected chi connectivity index (χ2v) is 8.91. The first kappa shape index (κ1) is 20.5. The number of nitrogens with zero attached hydrogens (tertiary/aromatic N) is 2. The highest BCUT2D eigenvalue weighted by Crippen LogP contribution is 2.41. The Balaban J connectivity index is 1.89. The fraction of sp³-hybridized carbons (Fsp3) is 0.400. The molecule has 0 fully saturated rings. The molecule has 0 aliphatic rings. The van der Waals surface area contributed by atoms with Crippen LogP contribution in [-0.4, -0.2) is 25.6 Å². The number of hydrogen-bond acceptors (Lipinski definition) is 4. The van der Waals surface area contributed by atoms with Gasteiger partial charge in [-0.25, -0.2) is 9.36 Å². The maximum atomic E-state index is 13.8. The molecule has 0 spiro atoms. The van der Waals surface area contributed by atoms with Gasteiger partial charge in [0.05, 0.1) is 4.88 Å². The number of aromatic nitrogens is 3. The zero-order valence-corrected chi connectivity index (χ0v) is 16.7. The summed E-state index contributed by atoms with van der Waals surface area (Å²) in [5.41, 5.74) is -1.79. The summed E-state index contributed by atoms with van der Waals surface area (Å²) in [6.07, 6.45) is -1.72. The van der Waals surface area contributed by atoms with E-state index in [1.165, 1.54) is 29.9 Å². The molecule has 4 nitrogen and oxygen atoms in total. The van der Waals surface area contributed by atoms with E-state index in [9.17, 15) is 18.3 Å². The lowest BCUT2D eigenvalue weighted by atomic mass is 9.88. The number of aliphatic hydroxyl groups is 1. The van der Waals surface area contributed by atoms with Gasteiger partial charge >= 0.3 is 6.18 Å². The molecule has 150 valence electrons. The van der Waals surface area contributed by atoms with Crippen molar-refractivity contribution < 1.29 is 18.3 Å². The Kier molecular flexibility index (Phi) is 5.38. The fourth-order valence-electron chi connectivity index (χ4n) is 3.04. The maximum Gasteiger partial charge on any atom is 0.421 e. The van der Waals surface area contributed by atoms with E-state index in [2.05, 4.69) is 14.3 Å². The molecule has 8 heteroatoms. The van der Waals surface area contributed by atoms with Crippen molar-refractivity contribution in [1.29, 1.82) is 0 Å². The molecule has 0 radical (unpaired) electrons. The van der Waals surface area contributed by atoms with Gasteiger partial charge in [0.25, 0.3) is 0 Å². The average Bonchev–Trinajstić information content (AvgIpc) is 3.24. The first-order valence-corrected chi connectivity index (χ1v) is 9.59. The molecule has 3 aromatic rings. The van der Waals surface area contributed by atoms with Gasteiger partial charge in [-0.05, 0) is 40.6 Å². The summed E-state index contributed by atoms with van der Waals surface area (Å²) in [7, 11) is 0. The number of hydrogen-bond donors (Lipinski definition) is 2. The summed E-state index contributed by atoms with van der Waals surface area (Å²) in [6.45, 7) is 6.10. The van der Waals surface area contributed by atoms with Crippen LogP contribution in [0.1, 0.15) is 37.9 Å². The number of rotatable bonds is 5. The van der Waals surface area contributed by atoms with E-state index in [0.717, 1.165) is 16.1 Å². The molecule has 0 aliphatic heterocycles. The number of imidazole rings is 1. The molecule has 2 heterocycles. The summed E-state index contributed by atoms with van der Waals surface area (Å²) >= 11 is 1.25. The van der Waals surface area contributed by atoms with E-state index >= 15 is 0 Å². The molecule has 1 unspecified atom stereocenters. The standard InChI is InChI=1S/C20H22F3N3OS/c1-18(2,3)10-15-12-24-17(26-15)11-19(27,20(21,22)23)14-6-4-13(5-7-14)16-8-9-25-28-16/h4-9,12,27H,10-11H2,1-3H3,(H,24,26). The van der Waals surface area contributed by atoms with Crippen molar-refractivity contribution in [3.05, 3.63) is 59.8 Å². The molecule has 2 N–H and O–H groups in total. The molecule has 0 saturated carbocycles. The first-order chi connectivity index (χ1) is 13.0. The highest BCUT2D eigenvalue weighted by Gasteiger charge is 2.55. The summed E-state index contributed by atoms with van der Waals surface area (Å²) in [5, 5.41) is 10.6. The molecule has 1 atom stereocenters. The minimum absolute atomic E-state index is 0.0311. The van der Waals surface area contributed by atoms with E-state index in [0.29, 0.717) is 6.42 Å². The molecule has 0 amide bonds. The molecule has 0 bridgehead atoms. The van der Waals surface area contributed by atoms with Gasteiger partial charge in [0.2, 0.25) is 0 Å². The maximum absolute atomic E-state index is 13.8. The van der Waals surface area contributed by atoms with Gasteiger partial charge < -0.3 is 10.1 Å². The largest absolute Gasteiger partial charge is 0.421 e. The molecular formula is C20H22F3N3OS. The van der Waals surface area contributed by atoms with Crippen molar-refractivity contribution in [1.82, 2.24) is 14.3 Å². The zero-order valence-electron chi connectivity index (χ0n) is 15.8. The third-order valence-corrected chi connectivity index (χ3v) is 5.17. The normalized spacial score (nSPS) is 14.8.